The van der Waals surface area contributed by atoms with Crippen LogP contribution in [0.1, 0.15) is 29.6 Å². The van der Waals surface area contributed by atoms with Gasteiger partial charge >= 0.3 is 0 Å². The van der Waals surface area contributed by atoms with E-state index in [2.05, 4.69) is 25.3 Å². The first kappa shape index (κ1) is 22.7. The number of fused-ring (bicyclic) bond motifs is 1. The van der Waals surface area contributed by atoms with E-state index in [0.29, 0.717) is 18.8 Å². The molecular weight excluding hydrogens is 467 g/mol. The van der Waals surface area contributed by atoms with E-state index >= 15 is 0 Å². The molecule has 3 aliphatic rings. The second-order valence-corrected chi connectivity index (χ2v) is 9.91. The predicted octanol–water partition coefficient (Wildman–Crippen LogP) is 1.56. The van der Waals surface area contributed by atoms with Gasteiger partial charge in [-0.1, -0.05) is 0 Å². The summed E-state index contributed by atoms with van der Waals surface area (Å²) in [5.74, 6) is -0.900. The van der Waals surface area contributed by atoms with Gasteiger partial charge in [0.05, 0.1) is 43.2 Å². The Morgan fingerprint density at radius 2 is 2.00 bits per heavy atom. The van der Waals surface area contributed by atoms with Crippen molar-refractivity contribution in [2.24, 2.45) is 11.3 Å². The molecule has 3 aliphatic heterocycles. The van der Waals surface area contributed by atoms with Gasteiger partial charge in [0.15, 0.2) is 17.3 Å². The maximum atomic E-state index is 13.5. The summed E-state index contributed by atoms with van der Waals surface area (Å²) < 4.78 is 20.0. The fraction of sp³-hybridized carbons (Fsp3) is 0.458. The highest BCUT2D eigenvalue weighted by molar-refractivity contribution is 6.12. The fourth-order valence-corrected chi connectivity index (χ4v) is 5.47. The van der Waals surface area contributed by atoms with Gasteiger partial charge in [0.25, 0.3) is 5.91 Å². The van der Waals surface area contributed by atoms with Crippen LogP contribution in [-0.4, -0.2) is 75.7 Å². The molecule has 6 heterocycles. The van der Waals surface area contributed by atoms with Crippen molar-refractivity contribution in [1.82, 2.24) is 24.5 Å². The van der Waals surface area contributed by atoms with Crippen molar-refractivity contribution in [3.63, 3.8) is 0 Å². The number of anilines is 3. The summed E-state index contributed by atoms with van der Waals surface area (Å²) in [5, 5.41) is 6.85. The minimum atomic E-state index is -0.588. The number of hydrogen-bond donors (Lipinski definition) is 2. The van der Waals surface area contributed by atoms with E-state index < -0.39 is 11.7 Å². The molecule has 3 N–H and O–H groups in total. The molecule has 3 saturated heterocycles. The lowest BCUT2D eigenvalue weighted by atomic mass is 9.85. The Bertz CT molecular complexity index is 1330. The van der Waals surface area contributed by atoms with Crippen molar-refractivity contribution >= 4 is 34.7 Å². The maximum absolute atomic E-state index is 13.5. The second kappa shape index (κ2) is 8.70. The van der Waals surface area contributed by atoms with E-state index in [4.69, 9.17) is 10.5 Å². The van der Waals surface area contributed by atoms with E-state index in [1.54, 1.807) is 12.4 Å². The molecule has 36 heavy (non-hydrogen) atoms. The van der Waals surface area contributed by atoms with Crippen molar-refractivity contribution < 1.29 is 18.7 Å². The van der Waals surface area contributed by atoms with Crippen LogP contribution in [0.15, 0.2) is 30.9 Å². The first-order valence-electron chi connectivity index (χ1n) is 12.1. The molecule has 0 bridgehead atoms. The summed E-state index contributed by atoms with van der Waals surface area (Å²) in [5.41, 5.74) is 7.68. The van der Waals surface area contributed by atoms with Gasteiger partial charge in [-0.15, -0.1) is 5.10 Å². The van der Waals surface area contributed by atoms with Gasteiger partial charge in [-0.3, -0.25) is 14.6 Å². The SMILES string of the molecule is Nc1nn2cc(F)cnc2c1C(=O)Nc1cnccc1N1CCC(C(=O)N2CCC3(COC3)C2)CC1. The Balaban J connectivity index is 1.14. The number of pyridine rings is 1. The molecule has 0 unspecified atom stereocenters. The summed E-state index contributed by atoms with van der Waals surface area (Å²) in [6.07, 6.45) is 7.87. The summed E-state index contributed by atoms with van der Waals surface area (Å²) in [4.78, 5) is 38.5. The molecule has 0 aromatic carbocycles. The summed E-state index contributed by atoms with van der Waals surface area (Å²) in [6, 6.07) is 1.84. The predicted molar refractivity (Wildman–Crippen MR) is 129 cm³/mol. The first-order valence-corrected chi connectivity index (χ1v) is 12.1. The van der Waals surface area contributed by atoms with Crippen LogP contribution in [0.25, 0.3) is 5.65 Å². The summed E-state index contributed by atoms with van der Waals surface area (Å²) in [7, 11) is 0. The molecule has 0 aliphatic carbocycles. The molecule has 3 fully saturated rings. The number of piperidine rings is 1. The summed E-state index contributed by atoms with van der Waals surface area (Å²) >= 11 is 0. The van der Waals surface area contributed by atoms with Gasteiger partial charge < -0.3 is 25.6 Å². The zero-order valence-corrected chi connectivity index (χ0v) is 19.7. The van der Waals surface area contributed by atoms with Crippen LogP contribution in [-0.2, 0) is 9.53 Å². The Morgan fingerprint density at radius 3 is 2.72 bits per heavy atom. The van der Waals surface area contributed by atoms with Crippen molar-refractivity contribution in [2.75, 3.05) is 55.3 Å². The monoisotopic (exact) mass is 494 g/mol. The normalized spacial score (nSPS) is 19.6. The third-order valence-corrected chi connectivity index (χ3v) is 7.49. The van der Waals surface area contributed by atoms with Crippen LogP contribution in [0.4, 0.5) is 21.6 Å². The number of aromatic nitrogens is 4. The van der Waals surface area contributed by atoms with Gasteiger partial charge in [0, 0.05) is 43.7 Å². The van der Waals surface area contributed by atoms with Crippen LogP contribution < -0.4 is 16.0 Å². The van der Waals surface area contributed by atoms with E-state index in [9.17, 15) is 14.0 Å². The number of hydrogen-bond acceptors (Lipinski definition) is 8. The molecule has 3 aromatic heterocycles. The highest BCUT2D eigenvalue weighted by Crippen LogP contribution is 2.39. The number of carbonyl (C=O) groups is 2. The number of rotatable bonds is 4. The Labute approximate surface area is 206 Å². The molecule has 188 valence electrons. The number of nitrogens with two attached hydrogens (primary N) is 1. The van der Waals surface area contributed by atoms with Gasteiger partial charge in [0.2, 0.25) is 5.91 Å². The molecule has 2 amide bonds. The smallest absolute Gasteiger partial charge is 0.263 e. The Morgan fingerprint density at radius 1 is 1.19 bits per heavy atom. The second-order valence-electron chi connectivity index (χ2n) is 9.91. The van der Waals surface area contributed by atoms with Crippen molar-refractivity contribution in [3.8, 4) is 0 Å². The van der Waals surface area contributed by atoms with Crippen LogP contribution in [0.3, 0.4) is 0 Å². The molecule has 6 rings (SSSR count). The number of carbonyl (C=O) groups excluding carboxylic acids is 2. The number of halogens is 1. The first-order chi connectivity index (χ1) is 17.4. The number of amides is 2. The number of nitrogen functional groups attached to an aromatic ring is 1. The molecule has 12 heteroatoms. The molecule has 0 radical (unpaired) electrons. The van der Waals surface area contributed by atoms with Crippen LogP contribution in [0, 0.1) is 17.2 Å². The van der Waals surface area contributed by atoms with E-state index in [1.165, 1.54) is 0 Å². The zero-order valence-electron chi connectivity index (χ0n) is 19.7. The Kier molecular flexibility index (Phi) is 5.47. The van der Waals surface area contributed by atoms with E-state index in [0.717, 1.165) is 68.2 Å². The maximum Gasteiger partial charge on any atom is 0.263 e. The van der Waals surface area contributed by atoms with Crippen molar-refractivity contribution in [2.45, 2.75) is 19.3 Å². The third-order valence-electron chi connectivity index (χ3n) is 7.49. The molecule has 0 atom stereocenters. The lowest BCUT2D eigenvalue weighted by Crippen LogP contribution is -2.47. The van der Waals surface area contributed by atoms with Gasteiger partial charge in [-0.05, 0) is 25.3 Å². The molecule has 3 aromatic rings. The van der Waals surface area contributed by atoms with Gasteiger partial charge in [0.1, 0.15) is 5.56 Å². The number of nitrogens with one attached hydrogen (secondary N) is 1. The van der Waals surface area contributed by atoms with Gasteiger partial charge in [-0.25, -0.2) is 13.9 Å². The molecule has 1 spiro atoms. The average molecular weight is 495 g/mol. The number of nitrogens with zero attached hydrogens (tertiary/aromatic N) is 6. The Hall–Kier alpha value is -3.80. The van der Waals surface area contributed by atoms with Crippen LogP contribution in [0.5, 0.6) is 0 Å². The number of ether oxygens (including phenoxy) is 1. The van der Waals surface area contributed by atoms with Crippen molar-refractivity contribution in [3.05, 3.63) is 42.2 Å². The van der Waals surface area contributed by atoms with Gasteiger partial charge in [-0.2, -0.15) is 0 Å². The standard InChI is InChI=1S/C24H27FN8O3/c25-16-9-28-21-19(20(26)30-33(21)11-16)22(34)29-17-10-27-5-1-18(17)31-6-2-15(3-7-31)23(35)32-8-4-24(12-32)13-36-14-24/h1,5,9-11,15H,2-4,6-8,12-14H2,(H2,26,30)(H,29,34). The number of likely N-dealkylation sites (tertiary alicyclic amines) is 1. The minimum Gasteiger partial charge on any atom is -0.381 e. The average Bonchev–Trinajstić information content (AvgIpc) is 3.45. The topological polar surface area (TPSA) is 131 Å². The van der Waals surface area contributed by atoms with E-state index in [1.807, 2.05) is 11.0 Å². The minimum absolute atomic E-state index is 0.00215. The van der Waals surface area contributed by atoms with Crippen LogP contribution >= 0.6 is 0 Å². The highest BCUT2D eigenvalue weighted by Gasteiger charge is 2.46. The lowest BCUT2D eigenvalue weighted by Gasteiger charge is -2.38. The lowest BCUT2D eigenvalue weighted by molar-refractivity contribution is -0.139. The van der Waals surface area contributed by atoms with Crippen LogP contribution in [0.2, 0.25) is 0 Å². The summed E-state index contributed by atoms with van der Waals surface area (Å²) in [6.45, 7) is 4.52. The third kappa shape index (κ3) is 3.91. The van der Waals surface area contributed by atoms with E-state index in [-0.39, 0.29) is 34.3 Å². The molecular formula is C24H27FN8O3. The largest absolute Gasteiger partial charge is 0.381 e. The highest BCUT2D eigenvalue weighted by atomic mass is 19.1. The quantitative estimate of drug-likeness (QED) is 0.559. The zero-order chi connectivity index (χ0) is 24.9. The molecule has 0 saturated carbocycles. The molecule has 11 nitrogen and oxygen atoms in total. The fourth-order valence-electron chi connectivity index (χ4n) is 5.47. The van der Waals surface area contributed by atoms with Crippen molar-refractivity contribution in [1.29, 1.82) is 0 Å².